The van der Waals surface area contributed by atoms with Gasteiger partial charge in [-0.15, -0.1) is 0 Å². The van der Waals surface area contributed by atoms with Crippen molar-refractivity contribution >= 4 is 21.8 Å². The van der Waals surface area contributed by atoms with Gasteiger partial charge < -0.3 is 14.5 Å². The number of carbonyl (C=O) groups excluding carboxylic acids is 1. The highest BCUT2D eigenvalue weighted by Crippen LogP contribution is 2.20. The third-order valence-electron chi connectivity index (χ3n) is 2.74. The quantitative estimate of drug-likeness (QED) is 0.936. The average molecular weight is 324 g/mol. The lowest BCUT2D eigenvalue weighted by Gasteiger charge is -2.14. The highest BCUT2D eigenvalue weighted by Gasteiger charge is 2.14. The smallest absolute Gasteiger partial charge is 0.287 e. The maximum absolute atomic E-state index is 11.9. The summed E-state index contributed by atoms with van der Waals surface area (Å²) in [6, 6.07) is 10.8. The lowest BCUT2D eigenvalue weighted by molar-refractivity contribution is 0.0910. The van der Waals surface area contributed by atoms with E-state index in [1.54, 1.807) is 19.2 Å². The van der Waals surface area contributed by atoms with Crippen LogP contribution in [-0.4, -0.2) is 13.0 Å². The second kappa shape index (κ2) is 5.93. The number of methoxy groups -OCH3 is 1. The number of carbonyl (C=O) groups is 1. The molecule has 0 saturated carbocycles. The van der Waals surface area contributed by atoms with Crippen molar-refractivity contribution in [3.63, 3.8) is 0 Å². The lowest BCUT2D eigenvalue weighted by atomic mass is 10.1. The van der Waals surface area contributed by atoms with E-state index in [0.29, 0.717) is 4.67 Å². The molecule has 5 heteroatoms. The number of amides is 1. The normalized spacial score (nSPS) is 11.9. The van der Waals surface area contributed by atoms with E-state index >= 15 is 0 Å². The highest BCUT2D eigenvalue weighted by atomic mass is 79.9. The Balaban J connectivity index is 2.08. The molecule has 0 aliphatic heterocycles. The summed E-state index contributed by atoms with van der Waals surface area (Å²) in [5.41, 5.74) is 0.971. The summed E-state index contributed by atoms with van der Waals surface area (Å²) in [6.45, 7) is 1.91. The number of ether oxygens (including phenoxy) is 1. The Hall–Kier alpha value is -1.75. The SMILES string of the molecule is COc1cccc([C@@H](C)NC(=O)c2ccc(Br)o2)c1. The Bertz CT molecular complexity index is 580. The average Bonchev–Trinajstić information content (AvgIpc) is 2.85. The lowest BCUT2D eigenvalue weighted by Crippen LogP contribution is -2.26. The van der Waals surface area contributed by atoms with E-state index < -0.39 is 0 Å². The predicted octanol–water partition coefficient (Wildman–Crippen LogP) is 3.54. The maximum Gasteiger partial charge on any atom is 0.287 e. The largest absolute Gasteiger partial charge is 0.497 e. The molecule has 1 N–H and O–H groups in total. The molecule has 0 aliphatic rings. The van der Waals surface area contributed by atoms with Crippen molar-refractivity contribution in [2.75, 3.05) is 7.11 Å². The number of nitrogens with one attached hydrogen (secondary N) is 1. The van der Waals surface area contributed by atoms with E-state index in [1.165, 1.54) is 0 Å². The fraction of sp³-hybridized carbons (Fsp3) is 0.214. The van der Waals surface area contributed by atoms with Crippen molar-refractivity contribution in [1.29, 1.82) is 0 Å². The molecule has 0 radical (unpaired) electrons. The molecule has 1 aromatic carbocycles. The summed E-state index contributed by atoms with van der Waals surface area (Å²) < 4.78 is 10.9. The minimum Gasteiger partial charge on any atom is -0.497 e. The molecular weight excluding hydrogens is 310 g/mol. The first kappa shape index (κ1) is 13.7. The van der Waals surface area contributed by atoms with Gasteiger partial charge in [-0.3, -0.25) is 4.79 Å². The number of rotatable bonds is 4. The maximum atomic E-state index is 11.9. The van der Waals surface area contributed by atoms with E-state index in [-0.39, 0.29) is 17.7 Å². The molecule has 2 aromatic rings. The zero-order chi connectivity index (χ0) is 13.8. The van der Waals surface area contributed by atoms with E-state index in [4.69, 9.17) is 9.15 Å². The van der Waals surface area contributed by atoms with Crippen molar-refractivity contribution in [1.82, 2.24) is 5.32 Å². The fourth-order valence-corrected chi connectivity index (χ4v) is 2.00. The molecular formula is C14H14BrNO3. The van der Waals surface area contributed by atoms with Crippen LogP contribution in [0.4, 0.5) is 0 Å². The molecule has 0 spiro atoms. The molecule has 0 unspecified atom stereocenters. The van der Waals surface area contributed by atoms with Crippen LogP contribution in [0.1, 0.15) is 29.1 Å². The van der Waals surface area contributed by atoms with Crippen LogP contribution < -0.4 is 10.1 Å². The van der Waals surface area contributed by atoms with Crippen molar-refractivity contribution < 1.29 is 13.9 Å². The first-order valence-electron chi connectivity index (χ1n) is 5.80. The van der Waals surface area contributed by atoms with E-state index in [9.17, 15) is 4.79 Å². The Morgan fingerprint density at radius 1 is 1.37 bits per heavy atom. The first-order chi connectivity index (χ1) is 9.10. The molecule has 1 atom stereocenters. The van der Waals surface area contributed by atoms with Gasteiger partial charge in [0.05, 0.1) is 13.2 Å². The predicted molar refractivity (Wildman–Crippen MR) is 75.3 cm³/mol. The second-order valence-electron chi connectivity index (χ2n) is 4.08. The third-order valence-corrected chi connectivity index (χ3v) is 3.16. The Morgan fingerprint density at radius 3 is 2.79 bits per heavy atom. The highest BCUT2D eigenvalue weighted by molar-refractivity contribution is 9.10. The number of hydrogen-bond acceptors (Lipinski definition) is 3. The molecule has 1 aromatic heterocycles. The molecule has 0 bridgehead atoms. The van der Waals surface area contributed by atoms with Crippen LogP contribution in [0, 0.1) is 0 Å². The van der Waals surface area contributed by atoms with Gasteiger partial charge in [-0.25, -0.2) is 0 Å². The van der Waals surface area contributed by atoms with Crippen molar-refractivity contribution in [2.45, 2.75) is 13.0 Å². The van der Waals surface area contributed by atoms with Gasteiger partial charge in [-0.1, -0.05) is 12.1 Å². The van der Waals surface area contributed by atoms with Crippen LogP contribution in [-0.2, 0) is 0 Å². The van der Waals surface area contributed by atoms with Gasteiger partial charge in [0.1, 0.15) is 5.75 Å². The van der Waals surface area contributed by atoms with E-state index in [0.717, 1.165) is 11.3 Å². The summed E-state index contributed by atoms with van der Waals surface area (Å²) in [5, 5.41) is 2.87. The van der Waals surface area contributed by atoms with Gasteiger partial charge in [-0.2, -0.15) is 0 Å². The fourth-order valence-electron chi connectivity index (χ4n) is 1.70. The number of hydrogen-bond donors (Lipinski definition) is 1. The van der Waals surface area contributed by atoms with E-state index in [1.807, 2.05) is 31.2 Å². The number of halogens is 1. The number of benzene rings is 1. The summed E-state index contributed by atoms with van der Waals surface area (Å²) >= 11 is 3.17. The Labute approximate surface area is 119 Å². The van der Waals surface area contributed by atoms with Crippen LogP contribution in [0.2, 0.25) is 0 Å². The van der Waals surface area contributed by atoms with Gasteiger partial charge in [0, 0.05) is 0 Å². The van der Waals surface area contributed by atoms with Crippen LogP contribution in [0.25, 0.3) is 0 Å². The minimum atomic E-state index is -0.249. The van der Waals surface area contributed by atoms with Crippen LogP contribution in [0.15, 0.2) is 45.5 Å². The zero-order valence-electron chi connectivity index (χ0n) is 10.6. The van der Waals surface area contributed by atoms with Crippen molar-refractivity contribution in [3.05, 3.63) is 52.4 Å². The van der Waals surface area contributed by atoms with Crippen molar-refractivity contribution in [2.24, 2.45) is 0 Å². The van der Waals surface area contributed by atoms with Gasteiger partial charge in [0.25, 0.3) is 5.91 Å². The Morgan fingerprint density at radius 2 is 2.16 bits per heavy atom. The minimum absolute atomic E-state index is 0.133. The number of furan rings is 1. The molecule has 1 amide bonds. The van der Waals surface area contributed by atoms with E-state index in [2.05, 4.69) is 21.2 Å². The molecule has 0 aliphatic carbocycles. The second-order valence-corrected chi connectivity index (χ2v) is 4.86. The van der Waals surface area contributed by atoms with Gasteiger partial charge in [0.2, 0.25) is 0 Å². The van der Waals surface area contributed by atoms with Gasteiger partial charge in [-0.05, 0) is 52.7 Å². The molecule has 1 heterocycles. The zero-order valence-corrected chi connectivity index (χ0v) is 12.2. The standard InChI is InChI=1S/C14H14BrNO3/c1-9(10-4-3-5-11(8-10)18-2)16-14(17)12-6-7-13(15)19-12/h3-9H,1-2H3,(H,16,17)/t9-/m1/s1. The molecule has 100 valence electrons. The molecule has 4 nitrogen and oxygen atoms in total. The summed E-state index contributed by atoms with van der Waals surface area (Å²) in [4.78, 5) is 11.9. The summed E-state index contributed by atoms with van der Waals surface area (Å²) in [5.74, 6) is 0.794. The topological polar surface area (TPSA) is 51.5 Å². The first-order valence-corrected chi connectivity index (χ1v) is 6.59. The monoisotopic (exact) mass is 323 g/mol. The molecule has 19 heavy (non-hydrogen) atoms. The summed E-state index contributed by atoms with van der Waals surface area (Å²) in [7, 11) is 1.61. The van der Waals surface area contributed by atoms with Crippen LogP contribution in [0.3, 0.4) is 0 Å². The van der Waals surface area contributed by atoms with Crippen molar-refractivity contribution in [3.8, 4) is 5.75 Å². The van der Waals surface area contributed by atoms with Crippen LogP contribution >= 0.6 is 15.9 Å². The van der Waals surface area contributed by atoms with Gasteiger partial charge in [0.15, 0.2) is 10.4 Å². The molecule has 0 saturated heterocycles. The van der Waals surface area contributed by atoms with Crippen LogP contribution in [0.5, 0.6) is 5.75 Å². The molecule has 2 rings (SSSR count). The Kier molecular flexibility index (Phi) is 4.27. The van der Waals surface area contributed by atoms with Gasteiger partial charge >= 0.3 is 0 Å². The molecule has 0 fully saturated rings. The summed E-state index contributed by atoms with van der Waals surface area (Å²) in [6.07, 6.45) is 0. The third kappa shape index (κ3) is 3.38.